The Morgan fingerprint density at radius 2 is 1.70 bits per heavy atom. The van der Waals surface area contributed by atoms with Gasteiger partial charge in [-0.3, -0.25) is 0 Å². The Kier molecular flexibility index (Phi) is 3.39. The SMILES string of the molecule is CC(Oc1cccc2ncncc12)c1cccc2ccccc12. The van der Waals surface area contributed by atoms with Gasteiger partial charge >= 0.3 is 0 Å². The second kappa shape index (κ2) is 5.69. The summed E-state index contributed by atoms with van der Waals surface area (Å²) in [7, 11) is 0. The number of rotatable bonds is 3. The van der Waals surface area contributed by atoms with Gasteiger partial charge < -0.3 is 4.74 Å². The highest BCUT2D eigenvalue weighted by Gasteiger charge is 2.12. The lowest BCUT2D eigenvalue weighted by atomic mass is 10.0. The Labute approximate surface area is 134 Å². The van der Waals surface area contributed by atoms with Crippen LogP contribution in [0.1, 0.15) is 18.6 Å². The maximum Gasteiger partial charge on any atom is 0.131 e. The van der Waals surface area contributed by atoms with Gasteiger partial charge in [0.2, 0.25) is 0 Å². The molecule has 0 fully saturated rings. The molecule has 0 bridgehead atoms. The van der Waals surface area contributed by atoms with Crippen LogP contribution in [0.2, 0.25) is 0 Å². The molecule has 0 aliphatic heterocycles. The van der Waals surface area contributed by atoms with Gasteiger partial charge in [0.15, 0.2) is 0 Å². The molecule has 3 nitrogen and oxygen atoms in total. The summed E-state index contributed by atoms with van der Waals surface area (Å²) in [6.07, 6.45) is 3.29. The normalized spacial score (nSPS) is 12.4. The summed E-state index contributed by atoms with van der Waals surface area (Å²) in [6.45, 7) is 2.07. The monoisotopic (exact) mass is 300 g/mol. The number of ether oxygens (including phenoxy) is 1. The first-order valence-corrected chi connectivity index (χ1v) is 7.66. The van der Waals surface area contributed by atoms with E-state index in [4.69, 9.17) is 4.74 Å². The Bertz CT molecular complexity index is 971. The molecule has 3 aromatic carbocycles. The smallest absolute Gasteiger partial charge is 0.131 e. The highest BCUT2D eigenvalue weighted by molar-refractivity contribution is 5.86. The van der Waals surface area contributed by atoms with Crippen molar-refractivity contribution in [3.8, 4) is 5.75 Å². The van der Waals surface area contributed by atoms with E-state index in [1.807, 2.05) is 18.2 Å². The third kappa shape index (κ3) is 2.50. The highest BCUT2D eigenvalue weighted by Crippen LogP contribution is 2.31. The standard InChI is InChI=1S/C20H16N2O/c1-14(16-9-4-7-15-6-2-3-8-17(15)16)23-20-11-5-10-19-18(20)12-21-13-22-19/h2-14H,1H3. The third-order valence-electron chi connectivity index (χ3n) is 4.08. The molecule has 0 radical (unpaired) electrons. The molecule has 4 aromatic rings. The van der Waals surface area contributed by atoms with Crippen molar-refractivity contribution < 1.29 is 4.74 Å². The molecule has 0 saturated carbocycles. The van der Waals surface area contributed by atoms with Gasteiger partial charge in [-0.2, -0.15) is 0 Å². The molecular weight excluding hydrogens is 284 g/mol. The molecule has 23 heavy (non-hydrogen) atoms. The van der Waals surface area contributed by atoms with Crippen molar-refractivity contribution in [2.75, 3.05) is 0 Å². The van der Waals surface area contributed by atoms with E-state index in [-0.39, 0.29) is 6.10 Å². The summed E-state index contributed by atoms with van der Waals surface area (Å²) in [5.41, 5.74) is 2.07. The number of aromatic nitrogens is 2. The van der Waals surface area contributed by atoms with E-state index in [1.165, 1.54) is 16.3 Å². The Morgan fingerprint density at radius 1 is 0.870 bits per heavy atom. The van der Waals surface area contributed by atoms with Gasteiger partial charge in [-0.05, 0) is 35.4 Å². The Hall–Kier alpha value is -2.94. The molecule has 0 aliphatic carbocycles. The minimum Gasteiger partial charge on any atom is -0.485 e. The molecule has 0 N–H and O–H groups in total. The van der Waals surface area contributed by atoms with Crippen molar-refractivity contribution in [1.82, 2.24) is 9.97 Å². The zero-order valence-electron chi connectivity index (χ0n) is 12.8. The van der Waals surface area contributed by atoms with E-state index in [2.05, 4.69) is 59.4 Å². The number of benzene rings is 3. The number of nitrogens with zero attached hydrogens (tertiary/aromatic N) is 2. The van der Waals surface area contributed by atoms with Crippen LogP contribution in [0.4, 0.5) is 0 Å². The zero-order valence-corrected chi connectivity index (χ0v) is 12.8. The number of hydrogen-bond acceptors (Lipinski definition) is 3. The minimum absolute atomic E-state index is 0.0630. The van der Waals surface area contributed by atoms with Crippen LogP contribution in [0.15, 0.2) is 73.2 Å². The van der Waals surface area contributed by atoms with Crippen molar-refractivity contribution in [2.24, 2.45) is 0 Å². The average Bonchev–Trinajstić information content (AvgIpc) is 2.61. The van der Waals surface area contributed by atoms with Gasteiger partial charge in [0.05, 0.1) is 10.9 Å². The molecule has 4 rings (SSSR count). The Balaban J connectivity index is 1.75. The van der Waals surface area contributed by atoms with E-state index < -0.39 is 0 Å². The van der Waals surface area contributed by atoms with Crippen molar-refractivity contribution in [3.05, 3.63) is 78.8 Å². The zero-order chi connectivity index (χ0) is 15.6. The molecule has 1 aromatic heterocycles. The summed E-state index contributed by atoms with van der Waals surface area (Å²) in [6, 6.07) is 20.6. The quantitative estimate of drug-likeness (QED) is 0.538. The van der Waals surface area contributed by atoms with Crippen molar-refractivity contribution in [2.45, 2.75) is 13.0 Å². The van der Waals surface area contributed by atoms with Crippen molar-refractivity contribution in [3.63, 3.8) is 0 Å². The topological polar surface area (TPSA) is 35.0 Å². The molecule has 1 atom stereocenters. The minimum atomic E-state index is -0.0630. The third-order valence-corrected chi connectivity index (χ3v) is 4.08. The first kappa shape index (κ1) is 13.7. The summed E-state index contributed by atoms with van der Waals surface area (Å²) >= 11 is 0. The highest BCUT2D eigenvalue weighted by atomic mass is 16.5. The van der Waals surface area contributed by atoms with Gasteiger partial charge in [-0.1, -0.05) is 48.5 Å². The van der Waals surface area contributed by atoms with Crippen LogP contribution in [0.5, 0.6) is 5.75 Å². The lowest BCUT2D eigenvalue weighted by molar-refractivity contribution is 0.231. The fraction of sp³-hybridized carbons (Fsp3) is 0.100. The largest absolute Gasteiger partial charge is 0.485 e. The maximum atomic E-state index is 6.24. The van der Waals surface area contributed by atoms with Crippen LogP contribution in [-0.4, -0.2) is 9.97 Å². The molecule has 0 amide bonds. The van der Waals surface area contributed by atoms with E-state index in [9.17, 15) is 0 Å². The van der Waals surface area contributed by atoms with Crippen molar-refractivity contribution in [1.29, 1.82) is 0 Å². The molecule has 0 spiro atoms. The van der Waals surface area contributed by atoms with Crippen LogP contribution in [-0.2, 0) is 0 Å². The maximum absolute atomic E-state index is 6.24. The first-order valence-electron chi connectivity index (χ1n) is 7.66. The van der Waals surface area contributed by atoms with Crippen molar-refractivity contribution >= 4 is 21.7 Å². The number of hydrogen-bond donors (Lipinski definition) is 0. The summed E-state index contributed by atoms with van der Waals surface area (Å²) in [5, 5.41) is 3.38. The number of fused-ring (bicyclic) bond motifs is 2. The van der Waals surface area contributed by atoms with E-state index in [0.29, 0.717) is 0 Å². The van der Waals surface area contributed by atoms with Crippen LogP contribution in [0.3, 0.4) is 0 Å². The fourth-order valence-corrected chi connectivity index (χ4v) is 2.94. The molecule has 3 heteroatoms. The van der Waals surface area contributed by atoms with Gasteiger partial charge in [0, 0.05) is 6.20 Å². The van der Waals surface area contributed by atoms with Gasteiger partial charge in [-0.15, -0.1) is 0 Å². The molecular formula is C20H16N2O. The summed E-state index contributed by atoms with van der Waals surface area (Å²) < 4.78 is 6.24. The van der Waals surface area contributed by atoms with Gasteiger partial charge in [-0.25, -0.2) is 9.97 Å². The van der Waals surface area contributed by atoms with Crippen LogP contribution in [0.25, 0.3) is 21.7 Å². The van der Waals surface area contributed by atoms with E-state index >= 15 is 0 Å². The summed E-state index contributed by atoms with van der Waals surface area (Å²) in [5.74, 6) is 0.809. The van der Waals surface area contributed by atoms with Crippen LogP contribution < -0.4 is 4.74 Å². The van der Waals surface area contributed by atoms with Gasteiger partial charge in [0.1, 0.15) is 18.2 Å². The van der Waals surface area contributed by atoms with Crippen LogP contribution in [0, 0.1) is 0 Å². The molecule has 1 heterocycles. The molecule has 0 aliphatic rings. The molecule has 0 saturated heterocycles. The summed E-state index contributed by atoms with van der Waals surface area (Å²) in [4.78, 5) is 8.39. The average molecular weight is 300 g/mol. The lowest BCUT2D eigenvalue weighted by Crippen LogP contribution is -2.04. The fourth-order valence-electron chi connectivity index (χ4n) is 2.94. The molecule has 1 unspecified atom stereocenters. The predicted octanol–water partition coefficient (Wildman–Crippen LogP) is 4.92. The second-order valence-electron chi connectivity index (χ2n) is 5.54. The van der Waals surface area contributed by atoms with Crippen LogP contribution >= 0.6 is 0 Å². The van der Waals surface area contributed by atoms with E-state index in [0.717, 1.165) is 16.7 Å². The van der Waals surface area contributed by atoms with E-state index in [1.54, 1.807) is 12.5 Å². The lowest BCUT2D eigenvalue weighted by Gasteiger charge is -2.18. The Morgan fingerprint density at radius 3 is 2.65 bits per heavy atom. The van der Waals surface area contributed by atoms with Gasteiger partial charge in [0.25, 0.3) is 0 Å². The second-order valence-corrected chi connectivity index (χ2v) is 5.54. The molecule has 112 valence electrons. The predicted molar refractivity (Wildman–Crippen MR) is 92.5 cm³/mol. The first-order chi connectivity index (χ1) is 11.3.